The van der Waals surface area contributed by atoms with Gasteiger partial charge in [0.15, 0.2) is 0 Å². The lowest BCUT2D eigenvalue weighted by molar-refractivity contribution is 0.0690. The zero-order chi connectivity index (χ0) is 9.42. The molecule has 1 saturated carbocycles. The lowest BCUT2D eigenvalue weighted by atomic mass is 10.2. The van der Waals surface area contributed by atoms with Crippen LogP contribution in [0.2, 0.25) is 5.15 Å². The minimum Gasteiger partial charge on any atom is -0.477 e. The number of aromatic carboxylic acids is 1. The molecule has 0 atom stereocenters. The molecule has 13 heavy (non-hydrogen) atoms. The number of nitrogens with zero attached hydrogens (tertiary/aromatic N) is 1. The van der Waals surface area contributed by atoms with E-state index in [2.05, 4.69) is 4.98 Å². The first-order valence-electron chi connectivity index (χ1n) is 4.08. The van der Waals surface area contributed by atoms with Gasteiger partial charge in [-0.25, -0.2) is 9.78 Å². The molecule has 0 radical (unpaired) electrons. The molecule has 0 unspecified atom stereocenters. The fourth-order valence-corrected chi connectivity index (χ4v) is 1.57. The Labute approximate surface area is 80.4 Å². The number of halogens is 1. The Hall–Kier alpha value is -1.09. The van der Waals surface area contributed by atoms with Crippen molar-refractivity contribution in [2.24, 2.45) is 0 Å². The molecule has 2 rings (SSSR count). The number of rotatable bonds is 2. The van der Waals surface area contributed by atoms with Crippen molar-refractivity contribution in [2.75, 3.05) is 0 Å². The first kappa shape index (κ1) is 8.51. The van der Waals surface area contributed by atoms with E-state index in [0.29, 0.717) is 11.1 Å². The van der Waals surface area contributed by atoms with Crippen LogP contribution >= 0.6 is 11.6 Å². The minimum atomic E-state index is -1.04. The predicted molar refractivity (Wildman–Crippen MR) is 48.2 cm³/mol. The van der Waals surface area contributed by atoms with Gasteiger partial charge in [0.2, 0.25) is 0 Å². The molecular formula is C9H8ClNO2. The van der Waals surface area contributed by atoms with Crippen LogP contribution in [0.3, 0.4) is 0 Å². The molecule has 1 aromatic rings. The maximum absolute atomic E-state index is 10.5. The van der Waals surface area contributed by atoms with E-state index in [4.69, 9.17) is 16.7 Å². The molecule has 1 fully saturated rings. The number of pyridine rings is 1. The zero-order valence-corrected chi connectivity index (χ0v) is 7.58. The zero-order valence-electron chi connectivity index (χ0n) is 6.83. The Kier molecular flexibility index (Phi) is 1.96. The molecule has 1 N–H and O–H groups in total. The van der Waals surface area contributed by atoms with Crippen molar-refractivity contribution in [3.8, 4) is 0 Å². The quantitative estimate of drug-likeness (QED) is 0.741. The summed E-state index contributed by atoms with van der Waals surface area (Å²) < 4.78 is 0. The third-order valence-corrected chi connectivity index (χ3v) is 2.42. The fraction of sp³-hybridized carbons (Fsp3) is 0.333. The second kappa shape index (κ2) is 3.00. The largest absolute Gasteiger partial charge is 0.477 e. The number of carbonyl (C=O) groups is 1. The van der Waals surface area contributed by atoms with E-state index in [9.17, 15) is 4.79 Å². The van der Waals surface area contributed by atoms with Gasteiger partial charge in [0.05, 0.1) is 0 Å². The molecule has 1 aliphatic rings. The standard InChI is InChI=1S/C9H8ClNO2/c10-8-6(5-1-2-5)3-4-7(11-8)9(12)13/h3-5H,1-2H2,(H,12,13). The Bertz CT molecular complexity index is 361. The molecule has 68 valence electrons. The summed E-state index contributed by atoms with van der Waals surface area (Å²) in [5, 5.41) is 8.97. The van der Waals surface area contributed by atoms with Crippen LogP contribution in [0.25, 0.3) is 0 Å². The summed E-state index contributed by atoms with van der Waals surface area (Å²) in [6.07, 6.45) is 2.27. The van der Waals surface area contributed by atoms with Crippen molar-refractivity contribution >= 4 is 17.6 Å². The van der Waals surface area contributed by atoms with Crippen molar-refractivity contribution in [3.05, 3.63) is 28.5 Å². The van der Waals surface area contributed by atoms with Crippen molar-refractivity contribution in [2.45, 2.75) is 18.8 Å². The molecule has 0 aliphatic heterocycles. The van der Waals surface area contributed by atoms with E-state index < -0.39 is 5.97 Å². The molecule has 0 saturated heterocycles. The number of hydrogen-bond acceptors (Lipinski definition) is 2. The van der Waals surface area contributed by atoms with Crippen LogP contribution in [0.1, 0.15) is 34.8 Å². The highest BCUT2D eigenvalue weighted by Crippen LogP contribution is 2.42. The summed E-state index contributed by atoms with van der Waals surface area (Å²) in [7, 11) is 0. The average Bonchev–Trinajstić information content (AvgIpc) is 2.87. The third-order valence-electron chi connectivity index (χ3n) is 2.11. The summed E-state index contributed by atoms with van der Waals surface area (Å²) in [6, 6.07) is 3.26. The van der Waals surface area contributed by atoms with Gasteiger partial charge >= 0.3 is 5.97 Å². The normalized spacial score (nSPS) is 15.8. The van der Waals surface area contributed by atoms with E-state index in [0.717, 1.165) is 18.4 Å². The minimum absolute atomic E-state index is 0.00870. The van der Waals surface area contributed by atoms with Crippen molar-refractivity contribution < 1.29 is 9.90 Å². The second-order valence-electron chi connectivity index (χ2n) is 3.16. The molecule has 4 heteroatoms. The molecule has 0 spiro atoms. The van der Waals surface area contributed by atoms with E-state index >= 15 is 0 Å². The highest BCUT2D eigenvalue weighted by Gasteiger charge is 2.26. The van der Waals surface area contributed by atoms with Gasteiger partial charge in [-0.1, -0.05) is 17.7 Å². The average molecular weight is 198 g/mol. The smallest absolute Gasteiger partial charge is 0.354 e. The molecular weight excluding hydrogens is 190 g/mol. The summed E-state index contributed by atoms with van der Waals surface area (Å²) in [6.45, 7) is 0. The lowest BCUT2D eigenvalue weighted by Gasteiger charge is -2.01. The number of carboxylic acids is 1. The third kappa shape index (κ3) is 1.65. The molecule has 3 nitrogen and oxygen atoms in total. The van der Waals surface area contributed by atoms with E-state index in [1.165, 1.54) is 6.07 Å². The van der Waals surface area contributed by atoms with Crippen molar-refractivity contribution in [1.29, 1.82) is 0 Å². The first-order valence-corrected chi connectivity index (χ1v) is 4.46. The van der Waals surface area contributed by atoms with Crippen LogP contribution in [0, 0.1) is 0 Å². The highest BCUT2D eigenvalue weighted by atomic mass is 35.5. The fourth-order valence-electron chi connectivity index (χ4n) is 1.26. The summed E-state index contributed by atoms with van der Waals surface area (Å²) in [5.74, 6) is -0.535. The van der Waals surface area contributed by atoms with Gasteiger partial charge in [-0.2, -0.15) is 0 Å². The van der Waals surface area contributed by atoms with Crippen LogP contribution in [0.4, 0.5) is 0 Å². The summed E-state index contributed by atoms with van der Waals surface area (Å²) in [4.78, 5) is 14.3. The number of aromatic nitrogens is 1. The Morgan fingerprint density at radius 3 is 2.69 bits per heavy atom. The maximum Gasteiger partial charge on any atom is 0.354 e. The molecule has 1 aliphatic carbocycles. The van der Waals surface area contributed by atoms with Crippen LogP contribution < -0.4 is 0 Å². The Balaban J connectivity index is 2.36. The molecule has 1 heterocycles. The van der Waals surface area contributed by atoms with Gasteiger partial charge in [0, 0.05) is 0 Å². The molecule has 0 bridgehead atoms. The Morgan fingerprint density at radius 2 is 2.23 bits per heavy atom. The maximum atomic E-state index is 10.5. The van der Waals surface area contributed by atoms with E-state index in [1.54, 1.807) is 6.07 Å². The summed E-state index contributed by atoms with van der Waals surface area (Å²) in [5.41, 5.74) is 0.987. The molecule has 0 aromatic carbocycles. The van der Waals surface area contributed by atoms with Gasteiger partial charge in [-0.3, -0.25) is 0 Å². The van der Waals surface area contributed by atoms with Crippen LogP contribution in [-0.2, 0) is 0 Å². The van der Waals surface area contributed by atoms with Crippen LogP contribution in [0.15, 0.2) is 12.1 Å². The topological polar surface area (TPSA) is 50.2 Å². The number of hydrogen-bond donors (Lipinski definition) is 1. The van der Waals surface area contributed by atoms with Gasteiger partial charge in [-0.05, 0) is 30.4 Å². The van der Waals surface area contributed by atoms with Gasteiger partial charge < -0.3 is 5.11 Å². The van der Waals surface area contributed by atoms with Crippen molar-refractivity contribution in [3.63, 3.8) is 0 Å². The number of carboxylic acid groups (broad SMARTS) is 1. The highest BCUT2D eigenvalue weighted by molar-refractivity contribution is 6.30. The SMILES string of the molecule is O=C(O)c1ccc(C2CC2)c(Cl)n1. The van der Waals surface area contributed by atoms with Gasteiger partial charge in [-0.15, -0.1) is 0 Å². The Morgan fingerprint density at radius 1 is 1.54 bits per heavy atom. The first-order chi connectivity index (χ1) is 6.18. The van der Waals surface area contributed by atoms with Crippen molar-refractivity contribution in [1.82, 2.24) is 4.98 Å². The van der Waals surface area contributed by atoms with Crippen LogP contribution in [0.5, 0.6) is 0 Å². The lowest BCUT2D eigenvalue weighted by Crippen LogP contribution is -2.01. The van der Waals surface area contributed by atoms with E-state index in [1.807, 2.05) is 0 Å². The predicted octanol–water partition coefficient (Wildman–Crippen LogP) is 2.31. The summed E-state index contributed by atoms with van der Waals surface area (Å²) >= 11 is 5.83. The second-order valence-corrected chi connectivity index (χ2v) is 3.51. The van der Waals surface area contributed by atoms with Crippen LogP contribution in [-0.4, -0.2) is 16.1 Å². The van der Waals surface area contributed by atoms with E-state index in [-0.39, 0.29) is 5.69 Å². The van der Waals surface area contributed by atoms with Gasteiger partial charge in [0.1, 0.15) is 10.8 Å². The van der Waals surface area contributed by atoms with Gasteiger partial charge in [0.25, 0.3) is 0 Å². The monoisotopic (exact) mass is 197 g/mol. The molecule has 0 amide bonds. The molecule has 1 aromatic heterocycles.